The summed E-state index contributed by atoms with van der Waals surface area (Å²) in [6.45, 7) is 7.46. The summed E-state index contributed by atoms with van der Waals surface area (Å²) in [5.41, 5.74) is 2.58. The number of hydrogen-bond donors (Lipinski definition) is 1. The molecule has 2 aromatic carbocycles. The van der Waals surface area contributed by atoms with Gasteiger partial charge < -0.3 is 24.4 Å². The lowest BCUT2D eigenvalue weighted by Crippen LogP contribution is -2.49. The summed E-state index contributed by atoms with van der Waals surface area (Å²) < 4.78 is 34.2. The Bertz CT molecular complexity index is 1530. The Morgan fingerprint density at radius 3 is 2.52 bits per heavy atom. The van der Waals surface area contributed by atoms with Crippen LogP contribution in [0.5, 0.6) is 11.5 Å². The molecule has 232 valence electrons. The van der Waals surface area contributed by atoms with Crippen molar-refractivity contribution in [1.82, 2.24) is 35.1 Å². The number of tetrazole rings is 1. The fraction of sp³-hybridized carbons (Fsp3) is 0.433. The van der Waals surface area contributed by atoms with Crippen molar-refractivity contribution in [2.24, 2.45) is 0 Å². The number of hydrogen-bond acceptors (Lipinski definition) is 11. The molecule has 2 aromatic heterocycles. The maximum atomic E-state index is 15.4. The summed E-state index contributed by atoms with van der Waals surface area (Å²) in [4.78, 5) is 13.5. The van der Waals surface area contributed by atoms with E-state index in [9.17, 15) is 0 Å². The van der Waals surface area contributed by atoms with Crippen molar-refractivity contribution >= 4 is 28.9 Å². The number of aromatic nitrogens is 6. The Balaban J connectivity index is 1.11. The predicted octanol–water partition coefficient (Wildman–Crippen LogP) is 4.44. The number of halogens is 2. The maximum absolute atomic E-state index is 15.4. The second kappa shape index (κ2) is 13.7. The van der Waals surface area contributed by atoms with Crippen molar-refractivity contribution < 1.29 is 18.6 Å². The lowest BCUT2D eigenvalue weighted by molar-refractivity contribution is 0.0115. The number of morpholine rings is 1. The zero-order valence-electron chi connectivity index (χ0n) is 24.7. The molecule has 4 heterocycles. The third-order valence-corrected chi connectivity index (χ3v) is 8.28. The average Bonchev–Trinajstić information content (AvgIpc) is 3.56. The summed E-state index contributed by atoms with van der Waals surface area (Å²) >= 11 is 6.40. The van der Waals surface area contributed by atoms with Crippen molar-refractivity contribution in [2.75, 3.05) is 56.7 Å². The largest absolute Gasteiger partial charge is 0.494 e. The highest BCUT2D eigenvalue weighted by Crippen LogP contribution is 2.36. The van der Waals surface area contributed by atoms with Gasteiger partial charge in [0, 0.05) is 62.3 Å². The number of rotatable bonds is 10. The molecule has 14 heteroatoms. The number of ether oxygens (including phenoxy) is 3. The zero-order valence-corrected chi connectivity index (χ0v) is 25.5. The maximum Gasteiger partial charge on any atom is 0.227 e. The Kier molecular flexibility index (Phi) is 9.34. The first kappa shape index (κ1) is 30.0. The van der Waals surface area contributed by atoms with Crippen molar-refractivity contribution in [3.05, 3.63) is 59.9 Å². The number of nitrogens with zero attached hydrogens (tertiary/aromatic N) is 8. The molecule has 0 radical (unpaired) electrons. The van der Waals surface area contributed by atoms with Gasteiger partial charge in [0.15, 0.2) is 0 Å². The first-order chi connectivity index (χ1) is 21.5. The average molecular weight is 624 g/mol. The van der Waals surface area contributed by atoms with Gasteiger partial charge in [-0.3, -0.25) is 4.90 Å². The van der Waals surface area contributed by atoms with E-state index in [4.69, 9.17) is 25.8 Å². The third-order valence-electron chi connectivity index (χ3n) is 7.96. The standard InChI is InChI=1S/C30H35ClFN9O3/c1-20(18-41-19-35-37-38-41)44-28-13-21(3-4-24(28)31)22-16-33-30(34-17-22)36-26-14-25(32)27(15-29(26)42-2)40-7-5-23(6-8-40)39-9-11-43-12-10-39/h3-4,13-17,19-20,23H,5-12,18H2,1-2H3,(H,33,34,36). The van der Waals surface area contributed by atoms with Gasteiger partial charge in [-0.25, -0.2) is 19.0 Å². The van der Waals surface area contributed by atoms with E-state index >= 15 is 4.39 Å². The van der Waals surface area contributed by atoms with E-state index in [0.717, 1.165) is 63.4 Å². The van der Waals surface area contributed by atoms with E-state index < -0.39 is 0 Å². The van der Waals surface area contributed by atoms with E-state index in [1.807, 2.05) is 19.1 Å². The van der Waals surface area contributed by atoms with E-state index in [0.29, 0.717) is 46.4 Å². The van der Waals surface area contributed by atoms with Crippen LogP contribution < -0.4 is 19.7 Å². The van der Waals surface area contributed by atoms with Gasteiger partial charge in [-0.1, -0.05) is 17.7 Å². The summed E-state index contributed by atoms with van der Waals surface area (Å²) in [7, 11) is 1.57. The van der Waals surface area contributed by atoms with Crippen LogP contribution in [0.4, 0.5) is 21.7 Å². The van der Waals surface area contributed by atoms with Gasteiger partial charge >= 0.3 is 0 Å². The van der Waals surface area contributed by atoms with Crippen molar-refractivity contribution in [3.8, 4) is 22.6 Å². The molecule has 0 aliphatic carbocycles. The van der Waals surface area contributed by atoms with Crippen LogP contribution in [-0.2, 0) is 11.3 Å². The normalized spacial score (nSPS) is 17.0. The summed E-state index contributed by atoms with van der Waals surface area (Å²) in [5.74, 6) is 1.03. The Labute approximate surface area is 260 Å². The van der Waals surface area contributed by atoms with Crippen LogP contribution in [0, 0.1) is 5.82 Å². The molecule has 1 N–H and O–H groups in total. The topological polar surface area (TPSA) is 116 Å². The smallest absolute Gasteiger partial charge is 0.227 e. The van der Waals surface area contributed by atoms with Crippen molar-refractivity contribution in [2.45, 2.75) is 38.5 Å². The van der Waals surface area contributed by atoms with Crippen LogP contribution >= 0.6 is 11.6 Å². The van der Waals surface area contributed by atoms with Crippen LogP contribution in [0.3, 0.4) is 0 Å². The Morgan fingerprint density at radius 2 is 1.82 bits per heavy atom. The van der Waals surface area contributed by atoms with Gasteiger partial charge in [0.1, 0.15) is 29.7 Å². The van der Waals surface area contributed by atoms with E-state index in [1.54, 1.807) is 36.3 Å². The molecule has 4 aromatic rings. The number of benzene rings is 2. The number of anilines is 3. The molecule has 0 spiro atoms. The van der Waals surface area contributed by atoms with Crippen LogP contribution in [0.2, 0.25) is 5.02 Å². The molecule has 2 saturated heterocycles. The zero-order chi connectivity index (χ0) is 30.5. The van der Waals surface area contributed by atoms with Gasteiger partial charge in [-0.2, -0.15) is 0 Å². The van der Waals surface area contributed by atoms with Crippen molar-refractivity contribution in [3.63, 3.8) is 0 Å². The predicted molar refractivity (Wildman–Crippen MR) is 164 cm³/mol. The van der Waals surface area contributed by atoms with Gasteiger partial charge in [0.05, 0.1) is 43.3 Å². The molecule has 2 aliphatic heterocycles. The number of piperidine rings is 1. The summed E-state index contributed by atoms with van der Waals surface area (Å²) in [6.07, 6.45) is 6.65. The van der Waals surface area contributed by atoms with E-state index in [2.05, 4.69) is 40.6 Å². The van der Waals surface area contributed by atoms with Crippen LogP contribution in [-0.4, -0.2) is 93.7 Å². The fourth-order valence-electron chi connectivity index (χ4n) is 5.68. The monoisotopic (exact) mass is 623 g/mol. The van der Waals surface area contributed by atoms with Gasteiger partial charge in [-0.15, -0.1) is 5.10 Å². The summed E-state index contributed by atoms with van der Waals surface area (Å²) in [6, 6.07) is 9.18. The SMILES string of the molecule is COc1cc(N2CCC(N3CCOCC3)CC2)c(F)cc1Nc1ncc(-c2ccc(Cl)c(OC(C)Cn3cnnn3)c2)cn1. The molecule has 0 bridgehead atoms. The highest BCUT2D eigenvalue weighted by Gasteiger charge is 2.27. The Morgan fingerprint density at radius 1 is 1.05 bits per heavy atom. The molecule has 1 atom stereocenters. The minimum absolute atomic E-state index is 0.224. The Hall–Kier alpha value is -4.07. The van der Waals surface area contributed by atoms with Gasteiger partial charge in [-0.05, 0) is 47.9 Å². The molecule has 12 nitrogen and oxygen atoms in total. The first-order valence-electron chi connectivity index (χ1n) is 14.7. The van der Waals surface area contributed by atoms with E-state index in [-0.39, 0.29) is 11.9 Å². The van der Waals surface area contributed by atoms with Crippen molar-refractivity contribution in [1.29, 1.82) is 0 Å². The second-order valence-corrected chi connectivity index (χ2v) is 11.3. The highest BCUT2D eigenvalue weighted by atomic mass is 35.5. The van der Waals surface area contributed by atoms with Crippen LogP contribution in [0.25, 0.3) is 11.1 Å². The quantitative estimate of drug-likeness (QED) is 0.270. The molecule has 44 heavy (non-hydrogen) atoms. The number of nitrogens with one attached hydrogen (secondary N) is 1. The highest BCUT2D eigenvalue weighted by molar-refractivity contribution is 6.32. The lowest BCUT2D eigenvalue weighted by Gasteiger charge is -2.41. The molecule has 0 saturated carbocycles. The molecule has 6 rings (SSSR count). The van der Waals surface area contributed by atoms with Gasteiger partial charge in [0.2, 0.25) is 5.95 Å². The first-order valence-corrected chi connectivity index (χ1v) is 15.1. The minimum atomic E-state index is -0.322. The molecule has 0 amide bonds. The fourth-order valence-corrected chi connectivity index (χ4v) is 5.84. The molecular weight excluding hydrogens is 589 g/mol. The van der Waals surface area contributed by atoms with E-state index in [1.165, 1.54) is 12.4 Å². The third kappa shape index (κ3) is 7.01. The van der Waals surface area contributed by atoms with Gasteiger partial charge in [0.25, 0.3) is 0 Å². The van der Waals surface area contributed by atoms with Crippen LogP contribution in [0.1, 0.15) is 19.8 Å². The number of methoxy groups -OCH3 is 1. The molecule has 1 unspecified atom stereocenters. The summed E-state index contributed by atoms with van der Waals surface area (Å²) in [5, 5.41) is 14.7. The molecule has 2 fully saturated rings. The molecular formula is C30H35ClFN9O3. The van der Waals surface area contributed by atoms with Crippen LogP contribution in [0.15, 0.2) is 49.1 Å². The minimum Gasteiger partial charge on any atom is -0.494 e. The second-order valence-electron chi connectivity index (χ2n) is 10.9. The molecule has 2 aliphatic rings. The lowest BCUT2D eigenvalue weighted by atomic mass is 10.0.